The van der Waals surface area contributed by atoms with Gasteiger partial charge in [-0.2, -0.15) is 4.98 Å². The van der Waals surface area contributed by atoms with Crippen LogP contribution in [0.1, 0.15) is 62.6 Å². The van der Waals surface area contributed by atoms with Crippen molar-refractivity contribution in [3.05, 3.63) is 65.9 Å². The third-order valence-electron chi connectivity index (χ3n) is 11.4. The maximum absolute atomic E-state index is 14.8. The average molecular weight is 729 g/mol. The molecule has 13 nitrogen and oxygen atoms in total. The molecule has 3 amide bonds. The molecule has 1 aliphatic carbocycles. The number of nitrogens with zero attached hydrogens (tertiary/aromatic N) is 4. The van der Waals surface area contributed by atoms with Gasteiger partial charge in [-0.3, -0.25) is 14.4 Å². The van der Waals surface area contributed by atoms with Crippen LogP contribution >= 0.6 is 0 Å². The monoisotopic (exact) mass is 728 g/mol. The second kappa shape index (κ2) is 13.0. The number of amides is 3. The van der Waals surface area contributed by atoms with E-state index in [-0.39, 0.29) is 37.1 Å². The lowest BCUT2D eigenvalue weighted by Crippen LogP contribution is -2.61. The quantitative estimate of drug-likeness (QED) is 0.380. The van der Waals surface area contributed by atoms with Crippen molar-refractivity contribution in [2.45, 2.75) is 87.9 Å². The van der Waals surface area contributed by atoms with E-state index in [4.69, 9.17) is 14.5 Å². The standard InChI is InChI=1S/C38H44N6O7S/c1-24-33-27(26-12-8-9-13-28(26)39-24)17-18-37(51-33)22-30-34(45)42-38(36(47)44-19-20-52(44,48)49)21-25(38)11-6-4-3-5-7-14-29(35(46)43(30)23-37)40-31-15-10-16-32(41-31)50-2/h6,8-13,15-16,25,29-30H,3-5,7,14,17-23H2,1-2H3,(H,40,41)(H,42,45)/b11-6-/t25-,29+,30+,37-,38-/m1/s1. The number of ether oxygens (including phenoxy) is 2. The van der Waals surface area contributed by atoms with Gasteiger partial charge in [-0.25, -0.2) is 17.7 Å². The summed E-state index contributed by atoms with van der Waals surface area (Å²) in [5.41, 5.74) is 0.409. The molecule has 0 unspecified atom stereocenters. The molecule has 14 heteroatoms. The van der Waals surface area contributed by atoms with Crippen molar-refractivity contribution in [3.8, 4) is 11.6 Å². The van der Waals surface area contributed by atoms with Gasteiger partial charge in [0.1, 0.15) is 34.8 Å². The van der Waals surface area contributed by atoms with Crippen molar-refractivity contribution >= 4 is 44.5 Å². The summed E-state index contributed by atoms with van der Waals surface area (Å²) in [6, 6.07) is 11.6. The Morgan fingerprint density at radius 1 is 1.08 bits per heavy atom. The number of hydrogen-bond donors (Lipinski definition) is 2. The fourth-order valence-electron chi connectivity index (χ4n) is 8.41. The molecule has 1 aromatic carbocycles. The maximum atomic E-state index is 14.8. The third kappa shape index (κ3) is 6.04. The molecule has 2 saturated heterocycles. The molecule has 1 spiro atoms. The largest absolute Gasteiger partial charge is 0.483 e. The predicted molar refractivity (Wildman–Crippen MR) is 193 cm³/mol. The van der Waals surface area contributed by atoms with Gasteiger partial charge >= 0.3 is 0 Å². The number of aryl methyl sites for hydroxylation is 2. The minimum atomic E-state index is -3.71. The van der Waals surface area contributed by atoms with Crippen LogP contribution in [0.25, 0.3) is 10.9 Å². The summed E-state index contributed by atoms with van der Waals surface area (Å²) in [4.78, 5) is 54.3. The fraction of sp³-hybridized carbons (Fsp3) is 0.500. The molecule has 274 valence electrons. The van der Waals surface area contributed by atoms with E-state index in [1.807, 2.05) is 43.3 Å². The fourth-order valence-corrected chi connectivity index (χ4v) is 9.49. The number of rotatable bonds is 4. The van der Waals surface area contributed by atoms with Crippen LogP contribution in [0.5, 0.6) is 11.6 Å². The van der Waals surface area contributed by atoms with Gasteiger partial charge in [-0.15, -0.1) is 0 Å². The van der Waals surface area contributed by atoms with Crippen LogP contribution in [0.3, 0.4) is 0 Å². The minimum absolute atomic E-state index is 0.0906. The lowest BCUT2D eigenvalue weighted by Gasteiger charge is -2.36. The van der Waals surface area contributed by atoms with Crippen LogP contribution < -0.4 is 20.1 Å². The molecule has 52 heavy (non-hydrogen) atoms. The molecular weight excluding hydrogens is 685 g/mol. The number of benzene rings is 1. The van der Waals surface area contributed by atoms with Gasteiger partial charge in [0.2, 0.25) is 27.7 Å². The first-order valence-corrected chi connectivity index (χ1v) is 19.8. The number of para-hydroxylation sites is 1. The molecule has 2 aromatic heterocycles. The van der Waals surface area contributed by atoms with Crippen LogP contribution in [-0.4, -0.2) is 94.5 Å². The third-order valence-corrected chi connectivity index (χ3v) is 13.1. The van der Waals surface area contributed by atoms with Gasteiger partial charge in [-0.05, 0) is 57.6 Å². The van der Waals surface area contributed by atoms with E-state index in [1.54, 1.807) is 23.1 Å². The molecule has 5 aliphatic rings. The smallest absolute Gasteiger partial charge is 0.262 e. The van der Waals surface area contributed by atoms with Crippen molar-refractivity contribution in [1.82, 2.24) is 24.5 Å². The number of carbonyl (C=O) groups is 3. The SMILES string of the molecule is COc1cccc(N[C@H]2CCCCC/C=C\[C@@H]3C[C@@]3(C(=O)N3CCS3(=O)=O)NC(=O)[C@@H]3C[C@]4(CCc5c(c(C)nc6ccccc56)O4)CN3C2=O)n1. The van der Waals surface area contributed by atoms with E-state index in [0.717, 1.165) is 52.1 Å². The summed E-state index contributed by atoms with van der Waals surface area (Å²) in [6.45, 7) is 2.16. The summed E-state index contributed by atoms with van der Waals surface area (Å²) < 4.78 is 38.3. The van der Waals surface area contributed by atoms with Crippen molar-refractivity contribution in [3.63, 3.8) is 0 Å². The summed E-state index contributed by atoms with van der Waals surface area (Å²) in [5.74, 6) is -0.268. The number of pyridine rings is 2. The molecule has 0 radical (unpaired) electrons. The number of hydrogen-bond acceptors (Lipinski definition) is 10. The van der Waals surface area contributed by atoms with Gasteiger partial charge in [0.05, 0.1) is 37.2 Å². The Labute approximate surface area is 303 Å². The Morgan fingerprint density at radius 2 is 1.92 bits per heavy atom. The van der Waals surface area contributed by atoms with Gasteiger partial charge in [0.25, 0.3) is 5.91 Å². The zero-order valence-corrected chi connectivity index (χ0v) is 30.3. The Hall–Kier alpha value is -4.72. The van der Waals surface area contributed by atoms with E-state index in [1.165, 1.54) is 7.11 Å². The second-order valence-electron chi connectivity index (χ2n) is 14.8. The maximum Gasteiger partial charge on any atom is 0.262 e. The summed E-state index contributed by atoms with van der Waals surface area (Å²) in [6.07, 6.45) is 9.46. The highest BCUT2D eigenvalue weighted by Crippen LogP contribution is 2.49. The normalized spacial score (nSPS) is 30.4. The zero-order chi connectivity index (χ0) is 36.3. The summed E-state index contributed by atoms with van der Waals surface area (Å²) >= 11 is 0. The van der Waals surface area contributed by atoms with Crippen molar-refractivity contribution in [2.24, 2.45) is 5.92 Å². The number of sulfonamides is 1. The summed E-state index contributed by atoms with van der Waals surface area (Å²) in [7, 11) is -2.18. The highest BCUT2D eigenvalue weighted by atomic mass is 32.2. The lowest BCUT2D eigenvalue weighted by atomic mass is 9.87. The van der Waals surface area contributed by atoms with E-state index in [0.29, 0.717) is 43.1 Å². The molecule has 0 bridgehead atoms. The number of allylic oxidation sites excluding steroid dienone is 1. The number of fused-ring (bicyclic) bond motifs is 5. The molecule has 8 rings (SSSR count). The summed E-state index contributed by atoms with van der Waals surface area (Å²) in [5, 5.41) is 7.37. The molecule has 3 fully saturated rings. The van der Waals surface area contributed by atoms with Gasteiger partial charge in [-0.1, -0.05) is 49.3 Å². The number of carbonyl (C=O) groups excluding carboxylic acids is 3. The van der Waals surface area contributed by atoms with Crippen LogP contribution in [-0.2, 0) is 30.8 Å². The van der Waals surface area contributed by atoms with Gasteiger partial charge in [0.15, 0.2) is 0 Å². The van der Waals surface area contributed by atoms with Crippen LogP contribution in [0.15, 0.2) is 54.6 Å². The number of aromatic nitrogens is 2. The molecule has 1 saturated carbocycles. The molecular formula is C38H44N6O7S. The van der Waals surface area contributed by atoms with Gasteiger partial charge in [0, 0.05) is 29.4 Å². The number of anilines is 1. The first-order chi connectivity index (χ1) is 25.0. The number of nitrogens with one attached hydrogen (secondary N) is 2. The van der Waals surface area contributed by atoms with Gasteiger partial charge < -0.3 is 25.0 Å². The zero-order valence-electron chi connectivity index (χ0n) is 29.5. The van der Waals surface area contributed by atoms with Crippen molar-refractivity contribution in [2.75, 3.05) is 31.3 Å². The van der Waals surface area contributed by atoms with Crippen LogP contribution in [0.2, 0.25) is 0 Å². The second-order valence-corrected chi connectivity index (χ2v) is 16.8. The van der Waals surface area contributed by atoms with E-state index in [9.17, 15) is 22.8 Å². The molecule has 5 atom stereocenters. The Morgan fingerprint density at radius 3 is 2.71 bits per heavy atom. The molecule has 3 aromatic rings. The predicted octanol–water partition coefficient (Wildman–Crippen LogP) is 3.66. The van der Waals surface area contributed by atoms with E-state index in [2.05, 4.69) is 15.6 Å². The van der Waals surface area contributed by atoms with E-state index < -0.39 is 45.1 Å². The number of methoxy groups -OCH3 is 1. The van der Waals surface area contributed by atoms with Crippen LogP contribution in [0, 0.1) is 12.8 Å². The van der Waals surface area contributed by atoms with Crippen LogP contribution in [0.4, 0.5) is 5.82 Å². The first-order valence-electron chi connectivity index (χ1n) is 18.2. The molecule has 2 N–H and O–H groups in total. The van der Waals surface area contributed by atoms with Crippen molar-refractivity contribution in [1.29, 1.82) is 0 Å². The Bertz CT molecular complexity index is 2090. The average Bonchev–Trinajstić information content (AvgIpc) is 3.71. The highest BCUT2D eigenvalue weighted by molar-refractivity contribution is 7.90. The Kier molecular flexibility index (Phi) is 8.62. The highest BCUT2D eigenvalue weighted by Gasteiger charge is 2.65. The minimum Gasteiger partial charge on any atom is -0.483 e. The first kappa shape index (κ1) is 34.4. The molecule has 6 heterocycles. The van der Waals surface area contributed by atoms with Crippen molar-refractivity contribution < 1.29 is 32.3 Å². The topological polar surface area (TPSA) is 160 Å². The molecule has 4 aliphatic heterocycles. The lowest BCUT2D eigenvalue weighted by molar-refractivity contribution is -0.141. The van der Waals surface area contributed by atoms with E-state index >= 15 is 0 Å². The Balaban J connectivity index is 1.16.